The highest BCUT2D eigenvalue weighted by atomic mass is 16.6. The van der Waals surface area contributed by atoms with Gasteiger partial charge in [-0.3, -0.25) is 39.1 Å². The summed E-state index contributed by atoms with van der Waals surface area (Å²) in [6.07, 6.45) is 0.560. The lowest BCUT2D eigenvalue weighted by atomic mass is 10.0. The van der Waals surface area contributed by atoms with E-state index in [2.05, 4.69) is 15.1 Å². The highest BCUT2D eigenvalue weighted by molar-refractivity contribution is 6.23. The van der Waals surface area contributed by atoms with Crippen LogP contribution >= 0.6 is 0 Å². The van der Waals surface area contributed by atoms with Crippen molar-refractivity contribution in [2.75, 3.05) is 37.6 Å². The van der Waals surface area contributed by atoms with E-state index in [9.17, 15) is 24.0 Å². The van der Waals surface area contributed by atoms with Gasteiger partial charge in [0.2, 0.25) is 11.8 Å². The second-order valence-electron chi connectivity index (χ2n) is 9.84. The molecule has 3 aliphatic heterocycles. The quantitative estimate of drug-likeness (QED) is 0.499. The van der Waals surface area contributed by atoms with Crippen LogP contribution < -0.4 is 10.2 Å². The summed E-state index contributed by atoms with van der Waals surface area (Å²) in [5.41, 5.74) is 0.890. The number of piperazine rings is 1. The lowest BCUT2D eigenvalue weighted by Gasteiger charge is -2.36. The summed E-state index contributed by atoms with van der Waals surface area (Å²) in [7, 11) is 0. The Hall–Kier alpha value is -3.27. The molecule has 4 amide bonds. The topological polar surface area (TPSA) is 116 Å². The number of rotatable bonds is 5. The van der Waals surface area contributed by atoms with Gasteiger partial charge in [-0.25, -0.2) is 0 Å². The van der Waals surface area contributed by atoms with Gasteiger partial charge in [0.1, 0.15) is 11.6 Å². The normalized spacial score (nSPS) is 21.6. The molecule has 10 heteroatoms. The number of fused-ring (bicyclic) bond motifs is 1. The molecule has 2 fully saturated rings. The van der Waals surface area contributed by atoms with Crippen molar-refractivity contribution >= 4 is 35.3 Å². The summed E-state index contributed by atoms with van der Waals surface area (Å²) in [5, 5.41) is 2.20. The highest BCUT2D eigenvalue weighted by Crippen LogP contribution is 2.31. The molecule has 34 heavy (non-hydrogen) atoms. The first-order chi connectivity index (χ1) is 16.0. The predicted octanol–water partition coefficient (Wildman–Crippen LogP) is 0.942. The molecule has 0 bridgehead atoms. The number of hydrogen-bond donors (Lipinski definition) is 1. The summed E-state index contributed by atoms with van der Waals surface area (Å²) in [4.78, 5) is 66.8. The number of carbonyl (C=O) groups is 5. The van der Waals surface area contributed by atoms with Crippen LogP contribution in [0.25, 0.3) is 0 Å². The van der Waals surface area contributed by atoms with Crippen molar-refractivity contribution in [3.05, 3.63) is 29.3 Å². The zero-order valence-electron chi connectivity index (χ0n) is 19.8. The molecule has 3 heterocycles. The lowest BCUT2D eigenvalue weighted by molar-refractivity contribution is -0.155. The summed E-state index contributed by atoms with van der Waals surface area (Å²) in [5.74, 6) is -2.24. The Kier molecular flexibility index (Phi) is 6.44. The fraction of sp³-hybridized carbons (Fsp3) is 0.542. The standard InChI is InChI=1S/C24H30N4O6/c1-24(2,3)34-20(30)8-9-26-10-12-27(13-11-26)15-4-5-16-17(14-15)23(33)28(22(16)32)18-6-7-19(29)25-21(18)31/h4-5,14,18H,6-13H2,1-3H3,(H,25,29,31). The average Bonchev–Trinajstić information content (AvgIpc) is 3.01. The molecule has 0 radical (unpaired) electrons. The van der Waals surface area contributed by atoms with Crippen LogP contribution in [0.3, 0.4) is 0 Å². The number of amides is 4. The zero-order chi connectivity index (χ0) is 24.6. The van der Waals surface area contributed by atoms with Gasteiger partial charge >= 0.3 is 5.97 Å². The van der Waals surface area contributed by atoms with E-state index < -0.39 is 35.3 Å². The van der Waals surface area contributed by atoms with Gasteiger partial charge in [0.15, 0.2) is 0 Å². The number of nitrogens with zero attached hydrogens (tertiary/aromatic N) is 3. The molecule has 1 atom stereocenters. The first-order valence-electron chi connectivity index (χ1n) is 11.6. The third kappa shape index (κ3) is 4.96. The Balaban J connectivity index is 1.37. The maximum Gasteiger partial charge on any atom is 0.307 e. The Morgan fingerprint density at radius 3 is 2.35 bits per heavy atom. The maximum absolute atomic E-state index is 13.0. The molecule has 182 valence electrons. The van der Waals surface area contributed by atoms with Crippen molar-refractivity contribution in [3.63, 3.8) is 0 Å². The smallest absolute Gasteiger partial charge is 0.307 e. The molecule has 0 saturated carbocycles. The third-order valence-corrected chi connectivity index (χ3v) is 6.21. The molecule has 0 spiro atoms. The Morgan fingerprint density at radius 1 is 1.03 bits per heavy atom. The van der Waals surface area contributed by atoms with Crippen LogP contribution in [0.4, 0.5) is 5.69 Å². The first kappa shape index (κ1) is 23.9. The zero-order valence-corrected chi connectivity index (χ0v) is 19.8. The van der Waals surface area contributed by atoms with Gasteiger partial charge in [0.25, 0.3) is 11.8 Å². The minimum Gasteiger partial charge on any atom is -0.460 e. The van der Waals surface area contributed by atoms with Crippen LogP contribution in [0.2, 0.25) is 0 Å². The molecule has 10 nitrogen and oxygen atoms in total. The number of carbonyl (C=O) groups excluding carboxylic acids is 5. The first-order valence-corrected chi connectivity index (χ1v) is 11.6. The molecular weight excluding hydrogens is 440 g/mol. The lowest BCUT2D eigenvalue weighted by Crippen LogP contribution is -2.54. The van der Waals surface area contributed by atoms with Crippen molar-refractivity contribution in [1.82, 2.24) is 15.1 Å². The highest BCUT2D eigenvalue weighted by Gasteiger charge is 2.44. The molecule has 1 unspecified atom stereocenters. The molecular formula is C24H30N4O6. The van der Waals surface area contributed by atoms with Crippen LogP contribution in [-0.4, -0.2) is 83.8 Å². The van der Waals surface area contributed by atoms with E-state index in [1.165, 1.54) is 0 Å². The Morgan fingerprint density at radius 2 is 1.71 bits per heavy atom. The third-order valence-electron chi connectivity index (χ3n) is 6.21. The van der Waals surface area contributed by atoms with Crippen molar-refractivity contribution in [1.29, 1.82) is 0 Å². The van der Waals surface area contributed by atoms with Crippen LogP contribution in [-0.2, 0) is 19.1 Å². The largest absolute Gasteiger partial charge is 0.460 e. The molecule has 1 N–H and O–H groups in total. The summed E-state index contributed by atoms with van der Waals surface area (Å²) >= 11 is 0. The number of imide groups is 2. The van der Waals surface area contributed by atoms with E-state index in [0.717, 1.165) is 23.7 Å². The second-order valence-corrected chi connectivity index (χ2v) is 9.84. The van der Waals surface area contributed by atoms with Gasteiger partial charge in [-0.1, -0.05) is 0 Å². The summed E-state index contributed by atoms with van der Waals surface area (Å²) in [6.45, 7) is 9.12. The van der Waals surface area contributed by atoms with Gasteiger partial charge in [-0.15, -0.1) is 0 Å². The summed E-state index contributed by atoms with van der Waals surface area (Å²) in [6, 6.07) is 4.18. The second kappa shape index (κ2) is 9.17. The molecule has 2 saturated heterocycles. The van der Waals surface area contributed by atoms with Crippen LogP contribution in [0.1, 0.15) is 60.7 Å². The van der Waals surface area contributed by atoms with E-state index in [4.69, 9.17) is 4.74 Å². The van der Waals surface area contributed by atoms with Gasteiger partial charge in [-0.05, 0) is 45.4 Å². The number of hydrogen-bond acceptors (Lipinski definition) is 8. The SMILES string of the molecule is CC(C)(C)OC(=O)CCN1CCN(c2ccc3c(c2)C(=O)N(C2CCC(=O)NC2=O)C3=O)CC1. The molecule has 0 aromatic heterocycles. The number of piperidine rings is 1. The number of benzene rings is 1. The van der Waals surface area contributed by atoms with E-state index in [1.54, 1.807) is 12.1 Å². The van der Waals surface area contributed by atoms with Crippen molar-refractivity contribution in [3.8, 4) is 0 Å². The van der Waals surface area contributed by atoms with Crippen molar-refractivity contribution in [2.45, 2.75) is 51.7 Å². The number of ether oxygens (including phenoxy) is 1. The molecule has 1 aromatic carbocycles. The predicted molar refractivity (Wildman–Crippen MR) is 122 cm³/mol. The molecule has 1 aromatic rings. The Bertz CT molecular complexity index is 1040. The minimum atomic E-state index is -0.970. The fourth-order valence-electron chi connectivity index (χ4n) is 4.53. The average molecular weight is 471 g/mol. The number of nitrogens with one attached hydrogen (secondary N) is 1. The van der Waals surface area contributed by atoms with Crippen molar-refractivity contribution in [2.24, 2.45) is 0 Å². The molecule has 3 aliphatic rings. The van der Waals surface area contributed by atoms with E-state index >= 15 is 0 Å². The number of anilines is 1. The van der Waals surface area contributed by atoms with Crippen LogP contribution in [0.5, 0.6) is 0 Å². The monoisotopic (exact) mass is 470 g/mol. The maximum atomic E-state index is 13.0. The van der Waals surface area contributed by atoms with Gasteiger partial charge in [-0.2, -0.15) is 0 Å². The Labute approximate surface area is 198 Å². The van der Waals surface area contributed by atoms with E-state index in [1.807, 2.05) is 26.8 Å². The minimum absolute atomic E-state index is 0.0905. The van der Waals surface area contributed by atoms with Crippen LogP contribution in [0, 0.1) is 0 Å². The van der Waals surface area contributed by atoms with Crippen molar-refractivity contribution < 1.29 is 28.7 Å². The van der Waals surface area contributed by atoms with Crippen LogP contribution in [0.15, 0.2) is 18.2 Å². The molecule has 4 rings (SSSR count). The summed E-state index contributed by atoms with van der Waals surface area (Å²) < 4.78 is 5.36. The number of esters is 1. The van der Waals surface area contributed by atoms with E-state index in [-0.39, 0.29) is 29.9 Å². The molecule has 0 aliphatic carbocycles. The van der Waals surface area contributed by atoms with Gasteiger partial charge < -0.3 is 9.64 Å². The van der Waals surface area contributed by atoms with Gasteiger partial charge in [0, 0.05) is 44.8 Å². The fourth-order valence-corrected chi connectivity index (χ4v) is 4.53. The van der Waals surface area contributed by atoms with E-state index in [0.29, 0.717) is 26.1 Å². The van der Waals surface area contributed by atoms with Gasteiger partial charge in [0.05, 0.1) is 17.5 Å².